The molecule has 0 atom stereocenters. The number of rotatable bonds is 4. The second-order valence-electron chi connectivity index (χ2n) is 6.72. The average molecular weight is 325 g/mol. The summed E-state index contributed by atoms with van der Waals surface area (Å²) in [6.45, 7) is 7.57. The lowest BCUT2D eigenvalue weighted by Crippen LogP contribution is -2.38. The van der Waals surface area contributed by atoms with Gasteiger partial charge >= 0.3 is 0 Å². The maximum absolute atomic E-state index is 12.4. The van der Waals surface area contributed by atoms with Gasteiger partial charge in [-0.05, 0) is 55.4 Å². The zero-order valence-electron chi connectivity index (χ0n) is 14.7. The van der Waals surface area contributed by atoms with Gasteiger partial charge in [0.25, 0.3) is 0 Å². The van der Waals surface area contributed by atoms with E-state index in [2.05, 4.69) is 6.07 Å². The van der Waals surface area contributed by atoms with E-state index in [1.165, 1.54) is 0 Å². The normalized spacial score (nSPS) is 20.8. The summed E-state index contributed by atoms with van der Waals surface area (Å²) in [6, 6.07) is 4.15. The Kier molecular flexibility index (Phi) is 5.33. The van der Waals surface area contributed by atoms with Gasteiger partial charge in [0.05, 0.1) is 11.6 Å². The minimum Gasteiger partial charge on any atom is -0.298 e. The van der Waals surface area contributed by atoms with Crippen molar-refractivity contribution in [2.75, 3.05) is 0 Å². The summed E-state index contributed by atoms with van der Waals surface area (Å²) < 4.78 is 0. The Hall–Kier alpha value is -2.28. The maximum Gasteiger partial charge on any atom is 0.151 e. The molecule has 1 fully saturated rings. The van der Waals surface area contributed by atoms with Crippen LogP contribution in [0.15, 0.2) is 6.07 Å². The number of carbonyl (C=O) groups excluding carboxylic acids is 3. The highest BCUT2D eigenvalue weighted by Gasteiger charge is 2.40. The zero-order valence-corrected chi connectivity index (χ0v) is 14.7. The molecule has 126 valence electrons. The van der Waals surface area contributed by atoms with E-state index in [0.717, 1.165) is 22.3 Å². The number of Topliss-reactive ketones (excluding diaryl/α,β-unsaturated/α-hetero) is 3. The molecule has 0 aromatic heterocycles. The van der Waals surface area contributed by atoms with Gasteiger partial charge in [-0.15, -0.1) is 0 Å². The highest BCUT2D eigenvalue weighted by atomic mass is 16.2. The number of nitrogens with zero attached hydrogens (tertiary/aromatic N) is 1. The Bertz CT molecular complexity index is 737. The molecule has 1 aromatic rings. The molecule has 1 saturated carbocycles. The predicted molar refractivity (Wildman–Crippen MR) is 90.8 cm³/mol. The van der Waals surface area contributed by atoms with Gasteiger partial charge < -0.3 is 0 Å². The van der Waals surface area contributed by atoms with Gasteiger partial charge in [0.2, 0.25) is 0 Å². The fourth-order valence-corrected chi connectivity index (χ4v) is 3.93. The van der Waals surface area contributed by atoms with Crippen molar-refractivity contribution in [3.05, 3.63) is 33.9 Å². The summed E-state index contributed by atoms with van der Waals surface area (Å²) in [4.78, 5) is 36.9. The molecule has 1 aromatic carbocycles. The lowest BCUT2D eigenvalue weighted by atomic mass is 9.72. The lowest BCUT2D eigenvalue weighted by Gasteiger charge is -2.28. The molecule has 1 aliphatic rings. The molecule has 2 rings (SSSR count). The third-order valence-corrected chi connectivity index (χ3v) is 4.91. The van der Waals surface area contributed by atoms with Crippen LogP contribution in [0.5, 0.6) is 0 Å². The van der Waals surface area contributed by atoms with Gasteiger partial charge in [0, 0.05) is 19.3 Å². The van der Waals surface area contributed by atoms with Crippen molar-refractivity contribution in [3.63, 3.8) is 0 Å². The van der Waals surface area contributed by atoms with Crippen LogP contribution in [0.1, 0.15) is 66.3 Å². The van der Waals surface area contributed by atoms with Crippen molar-refractivity contribution in [2.24, 2.45) is 5.92 Å². The second-order valence-corrected chi connectivity index (χ2v) is 6.72. The van der Waals surface area contributed by atoms with Crippen LogP contribution in [-0.2, 0) is 14.4 Å². The molecular weight excluding hydrogens is 302 g/mol. The first-order valence-electron chi connectivity index (χ1n) is 8.40. The third kappa shape index (κ3) is 3.17. The SMILES string of the molecule is CCCC(=O)C1C(=O)CC(c2c(C)cc(C)c(C#N)c2C)CC1=O. The van der Waals surface area contributed by atoms with E-state index in [1.807, 2.05) is 33.8 Å². The fraction of sp³-hybridized carbons (Fsp3) is 0.500. The highest BCUT2D eigenvalue weighted by Crippen LogP contribution is 2.37. The van der Waals surface area contributed by atoms with Gasteiger partial charge in [-0.2, -0.15) is 5.26 Å². The molecule has 0 saturated heterocycles. The maximum atomic E-state index is 12.4. The van der Waals surface area contributed by atoms with Crippen LogP contribution in [0, 0.1) is 38.0 Å². The molecule has 0 amide bonds. The van der Waals surface area contributed by atoms with Crippen molar-refractivity contribution in [2.45, 2.75) is 59.3 Å². The number of ketones is 3. The van der Waals surface area contributed by atoms with E-state index in [1.54, 1.807) is 0 Å². The highest BCUT2D eigenvalue weighted by molar-refractivity contribution is 6.21. The Morgan fingerprint density at radius 3 is 2.25 bits per heavy atom. The molecule has 0 aliphatic heterocycles. The van der Waals surface area contributed by atoms with Crippen LogP contribution >= 0.6 is 0 Å². The first-order chi connectivity index (χ1) is 11.3. The van der Waals surface area contributed by atoms with Crippen LogP contribution < -0.4 is 0 Å². The van der Waals surface area contributed by atoms with Crippen LogP contribution in [0.3, 0.4) is 0 Å². The number of hydrogen-bond acceptors (Lipinski definition) is 4. The van der Waals surface area contributed by atoms with Crippen LogP contribution in [-0.4, -0.2) is 17.3 Å². The molecule has 0 unspecified atom stereocenters. The Balaban J connectivity index is 2.38. The third-order valence-electron chi connectivity index (χ3n) is 4.91. The molecule has 0 radical (unpaired) electrons. The van der Waals surface area contributed by atoms with Crippen molar-refractivity contribution < 1.29 is 14.4 Å². The monoisotopic (exact) mass is 325 g/mol. The molecule has 1 aliphatic carbocycles. The molecule has 4 nitrogen and oxygen atoms in total. The number of aryl methyl sites for hydroxylation is 2. The smallest absolute Gasteiger partial charge is 0.151 e. The molecule has 0 heterocycles. The molecule has 0 spiro atoms. The van der Waals surface area contributed by atoms with E-state index >= 15 is 0 Å². The Morgan fingerprint density at radius 1 is 1.17 bits per heavy atom. The van der Waals surface area contributed by atoms with E-state index in [4.69, 9.17) is 0 Å². The van der Waals surface area contributed by atoms with E-state index in [0.29, 0.717) is 12.0 Å². The van der Waals surface area contributed by atoms with Gasteiger partial charge in [-0.1, -0.05) is 13.0 Å². The number of nitriles is 1. The molecule has 24 heavy (non-hydrogen) atoms. The van der Waals surface area contributed by atoms with Crippen LogP contribution in [0.4, 0.5) is 0 Å². The Labute approximate surface area is 142 Å². The molecular formula is C20H23NO3. The number of carbonyl (C=O) groups is 3. The summed E-state index contributed by atoms with van der Waals surface area (Å²) in [7, 11) is 0. The molecule has 4 heteroatoms. The average Bonchev–Trinajstić information content (AvgIpc) is 2.46. The minimum atomic E-state index is -1.07. The topological polar surface area (TPSA) is 75.0 Å². The largest absolute Gasteiger partial charge is 0.298 e. The van der Waals surface area contributed by atoms with Crippen LogP contribution in [0.2, 0.25) is 0 Å². The zero-order chi connectivity index (χ0) is 18.0. The minimum absolute atomic E-state index is 0.196. The summed E-state index contributed by atoms with van der Waals surface area (Å²) >= 11 is 0. The summed E-state index contributed by atoms with van der Waals surface area (Å²) in [5.41, 5.74) is 4.27. The Morgan fingerprint density at radius 2 is 1.75 bits per heavy atom. The first kappa shape index (κ1) is 18.1. The number of hydrogen-bond donors (Lipinski definition) is 0. The predicted octanol–water partition coefficient (Wildman–Crippen LogP) is 3.48. The van der Waals surface area contributed by atoms with Crippen molar-refractivity contribution >= 4 is 17.3 Å². The van der Waals surface area contributed by atoms with E-state index in [9.17, 15) is 19.6 Å². The fourth-order valence-electron chi connectivity index (χ4n) is 3.93. The summed E-state index contributed by atoms with van der Waals surface area (Å²) in [5.74, 6) is -2.09. The number of benzene rings is 1. The molecule has 0 bridgehead atoms. The van der Waals surface area contributed by atoms with E-state index < -0.39 is 5.92 Å². The van der Waals surface area contributed by atoms with Crippen LogP contribution in [0.25, 0.3) is 0 Å². The van der Waals surface area contributed by atoms with Crippen molar-refractivity contribution in [1.29, 1.82) is 5.26 Å². The van der Waals surface area contributed by atoms with Gasteiger partial charge in [-0.25, -0.2) is 0 Å². The quantitative estimate of drug-likeness (QED) is 0.794. The van der Waals surface area contributed by atoms with Gasteiger partial charge in [0.15, 0.2) is 17.3 Å². The van der Waals surface area contributed by atoms with Gasteiger partial charge in [0.1, 0.15) is 5.92 Å². The standard InChI is InChI=1S/C20H23NO3/c1-5-6-16(22)20-17(23)8-14(9-18(20)24)19-12(3)7-11(2)15(10-21)13(19)4/h7,14,20H,5-6,8-9H2,1-4H3. The summed E-state index contributed by atoms with van der Waals surface area (Å²) in [5, 5.41) is 9.36. The lowest BCUT2D eigenvalue weighted by molar-refractivity contribution is -0.142. The molecule has 0 N–H and O–H groups in total. The first-order valence-corrected chi connectivity index (χ1v) is 8.40. The van der Waals surface area contributed by atoms with Gasteiger partial charge in [-0.3, -0.25) is 14.4 Å². The second kappa shape index (κ2) is 7.09. The van der Waals surface area contributed by atoms with E-state index in [-0.39, 0.29) is 42.5 Å². The summed E-state index contributed by atoms with van der Waals surface area (Å²) in [6.07, 6.45) is 1.30. The van der Waals surface area contributed by atoms with Crippen molar-refractivity contribution in [1.82, 2.24) is 0 Å². The van der Waals surface area contributed by atoms with Crippen molar-refractivity contribution in [3.8, 4) is 6.07 Å².